The molecule has 0 fully saturated rings. The van der Waals surface area contributed by atoms with Gasteiger partial charge >= 0.3 is 5.97 Å². The zero-order chi connectivity index (χ0) is 17.8. The van der Waals surface area contributed by atoms with Crippen LogP contribution >= 0.6 is 12.2 Å². The van der Waals surface area contributed by atoms with E-state index in [1.54, 1.807) is 19.1 Å². The predicted molar refractivity (Wildman–Crippen MR) is 96.9 cm³/mol. The summed E-state index contributed by atoms with van der Waals surface area (Å²) in [7, 11) is 0. The van der Waals surface area contributed by atoms with E-state index in [9.17, 15) is 9.18 Å². The lowest BCUT2D eigenvalue weighted by Gasteiger charge is -2.29. The Labute approximate surface area is 150 Å². The molecule has 1 aliphatic rings. The lowest BCUT2D eigenvalue weighted by molar-refractivity contribution is -0.140. The molecule has 6 heteroatoms. The van der Waals surface area contributed by atoms with Crippen LogP contribution in [0.5, 0.6) is 0 Å². The van der Waals surface area contributed by atoms with Gasteiger partial charge in [0.25, 0.3) is 0 Å². The molecule has 25 heavy (non-hydrogen) atoms. The molecule has 0 aromatic heterocycles. The molecule has 0 saturated carbocycles. The number of carbonyl (C=O) groups excluding carboxylic acids is 1. The molecule has 128 valence electrons. The van der Waals surface area contributed by atoms with Gasteiger partial charge in [0.15, 0.2) is 5.11 Å². The van der Waals surface area contributed by atoms with E-state index in [1.807, 2.05) is 30.3 Å². The van der Waals surface area contributed by atoms with Gasteiger partial charge in [-0.3, -0.25) is 0 Å². The summed E-state index contributed by atoms with van der Waals surface area (Å²) < 4.78 is 18.7. The van der Waals surface area contributed by atoms with Crippen molar-refractivity contribution < 1.29 is 13.9 Å². The summed E-state index contributed by atoms with van der Waals surface area (Å²) >= 11 is 5.18. The quantitative estimate of drug-likeness (QED) is 0.650. The lowest BCUT2D eigenvalue weighted by Crippen LogP contribution is -2.45. The number of nitrogens with one attached hydrogen (secondary N) is 2. The number of halogens is 1. The summed E-state index contributed by atoms with van der Waals surface area (Å²) in [5, 5.41) is 6.40. The van der Waals surface area contributed by atoms with Gasteiger partial charge in [-0.1, -0.05) is 42.5 Å². The molecule has 1 atom stereocenters. The number of ether oxygens (including phenoxy) is 1. The average molecular weight is 356 g/mol. The smallest absolute Gasteiger partial charge is 0.338 e. The molecule has 0 bridgehead atoms. The first-order chi connectivity index (χ1) is 12.0. The molecule has 0 saturated heterocycles. The summed E-state index contributed by atoms with van der Waals surface area (Å²) in [5.41, 5.74) is 2.68. The van der Waals surface area contributed by atoms with E-state index in [1.165, 1.54) is 12.1 Å². The van der Waals surface area contributed by atoms with Gasteiger partial charge in [-0.2, -0.15) is 0 Å². The van der Waals surface area contributed by atoms with Crippen LogP contribution in [-0.4, -0.2) is 11.1 Å². The summed E-state index contributed by atoms with van der Waals surface area (Å²) in [6.45, 7) is 1.94. The van der Waals surface area contributed by atoms with E-state index >= 15 is 0 Å². The van der Waals surface area contributed by atoms with Crippen LogP contribution in [0.3, 0.4) is 0 Å². The summed E-state index contributed by atoms with van der Waals surface area (Å²) in [6, 6.07) is 14.9. The van der Waals surface area contributed by atoms with Gasteiger partial charge in [-0.15, -0.1) is 0 Å². The van der Waals surface area contributed by atoms with Gasteiger partial charge in [-0.05, 0) is 42.4 Å². The minimum atomic E-state index is -0.488. The number of allylic oxidation sites excluding steroid dienone is 1. The third-order valence-electron chi connectivity index (χ3n) is 3.91. The predicted octanol–water partition coefficient (Wildman–Crippen LogP) is 3.36. The maximum absolute atomic E-state index is 13.2. The third-order valence-corrected chi connectivity index (χ3v) is 4.13. The Hall–Kier alpha value is -2.73. The Morgan fingerprint density at radius 2 is 1.84 bits per heavy atom. The number of benzene rings is 2. The summed E-state index contributed by atoms with van der Waals surface area (Å²) in [6.07, 6.45) is 0. The minimum Gasteiger partial charge on any atom is -0.457 e. The Morgan fingerprint density at radius 1 is 1.16 bits per heavy atom. The molecular weight excluding hydrogens is 339 g/mol. The van der Waals surface area contributed by atoms with Gasteiger partial charge in [0, 0.05) is 5.70 Å². The molecule has 0 spiro atoms. The number of thiocarbonyl (C=S) groups is 1. The third kappa shape index (κ3) is 4.03. The largest absolute Gasteiger partial charge is 0.457 e. The van der Waals surface area contributed by atoms with E-state index in [4.69, 9.17) is 17.0 Å². The van der Waals surface area contributed by atoms with Gasteiger partial charge in [0.1, 0.15) is 12.4 Å². The van der Waals surface area contributed by atoms with Crippen molar-refractivity contribution in [3.63, 3.8) is 0 Å². The van der Waals surface area contributed by atoms with Crippen LogP contribution in [0.4, 0.5) is 4.39 Å². The number of esters is 1. The molecule has 0 amide bonds. The van der Waals surface area contributed by atoms with Gasteiger partial charge < -0.3 is 15.4 Å². The molecule has 3 rings (SSSR count). The number of rotatable bonds is 4. The fraction of sp³-hybridized carbons (Fsp3) is 0.158. The second kappa shape index (κ2) is 7.44. The highest BCUT2D eigenvalue weighted by Gasteiger charge is 2.30. The second-order valence-electron chi connectivity index (χ2n) is 5.68. The summed E-state index contributed by atoms with van der Waals surface area (Å²) in [4.78, 5) is 12.7. The zero-order valence-corrected chi connectivity index (χ0v) is 14.4. The molecule has 1 aliphatic heterocycles. The maximum atomic E-state index is 13.2. The van der Waals surface area contributed by atoms with E-state index < -0.39 is 12.0 Å². The topological polar surface area (TPSA) is 50.4 Å². The van der Waals surface area contributed by atoms with Crippen molar-refractivity contribution >= 4 is 23.3 Å². The van der Waals surface area contributed by atoms with Crippen LogP contribution in [0.25, 0.3) is 0 Å². The van der Waals surface area contributed by atoms with Crippen molar-refractivity contribution in [2.24, 2.45) is 0 Å². The monoisotopic (exact) mass is 356 g/mol. The lowest BCUT2D eigenvalue weighted by atomic mass is 9.96. The first-order valence-corrected chi connectivity index (χ1v) is 8.20. The number of hydrogen-bond donors (Lipinski definition) is 2. The molecule has 2 aromatic rings. The highest BCUT2D eigenvalue weighted by Crippen LogP contribution is 2.28. The van der Waals surface area contributed by atoms with Crippen LogP contribution in [0.15, 0.2) is 65.9 Å². The van der Waals surface area contributed by atoms with Crippen molar-refractivity contribution in [2.75, 3.05) is 0 Å². The highest BCUT2D eigenvalue weighted by atomic mass is 32.1. The van der Waals surface area contributed by atoms with Crippen molar-refractivity contribution in [3.8, 4) is 0 Å². The van der Waals surface area contributed by atoms with E-state index in [0.717, 1.165) is 11.1 Å². The highest BCUT2D eigenvalue weighted by molar-refractivity contribution is 7.80. The average Bonchev–Trinajstić information content (AvgIpc) is 2.60. The molecule has 2 N–H and O–H groups in total. The summed E-state index contributed by atoms with van der Waals surface area (Å²) in [5.74, 6) is -0.785. The fourth-order valence-corrected chi connectivity index (χ4v) is 2.94. The SMILES string of the molecule is CC1=C(C(=O)OCc2ccccc2)[C@@H](c2ccc(F)cc2)NC(=S)N1. The standard InChI is InChI=1S/C19H17FN2O2S/c1-12-16(18(23)24-11-13-5-3-2-4-6-13)17(22-19(25)21-12)14-7-9-15(20)10-8-14/h2-10,17H,11H2,1H3,(H2,21,22,25)/t17-/m1/s1. The van der Waals surface area contributed by atoms with Crippen molar-refractivity contribution in [3.05, 3.63) is 82.8 Å². The number of hydrogen-bond acceptors (Lipinski definition) is 3. The van der Waals surface area contributed by atoms with E-state index in [-0.39, 0.29) is 12.4 Å². The zero-order valence-electron chi connectivity index (χ0n) is 13.6. The molecular formula is C19H17FN2O2S. The van der Waals surface area contributed by atoms with Crippen LogP contribution in [-0.2, 0) is 16.1 Å². The van der Waals surface area contributed by atoms with Gasteiger partial charge in [0.05, 0.1) is 11.6 Å². The van der Waals surface area contributed by atoms with E-state index in [2.05, 4.69) is 10.6 Å². The van der Waals surface area contributed by atoms with Crippen LogP contribution < -0.4 is 10.6 Å². The Bertz CT molecular complexity index is 819. The Kier molecular flexibility index (Phi) is 5.09. The van der Waals surface area contributed by atoms with Gasteiger partial charge in [-0.25, -0.2) is 9.18 Å². The van der Waals surface area contributed by atoms with Crippen molar-refractivity contribution in [1.82, 2.24) is 10.6 Å². The first kappa shape index (κ1) is 17.1. The van der Waals surface area contributed by atoms with Crippen LogP contribution in [0.1, 0.15) is 24.1 Å². The minimum absolute atomic E-state index is 0.178. The second-order valence-corrected chi connectivity index (χ2v) is 6.09. The normalized spacial score (nSPS) is 16.9. The first-order valence-electron chi connectivity index (χ1n) is 7.79. The van der Waals surface area contributed by atoms with Gasteiger partial charge in [0.2, 0.25) is 0 Å². The van der Waals surface area contributed by atoms with Crippen molar-refractivity contribution in [2.45, 2.75) is 19.6 Å². The maximum Gasteiger partial charge on any atom is 0.338 e. The fourth-order valence-electron chi connectivity index (χ4n) is 2.67. The van der Waals surface area contributed by atoms with Crippen LogP contribution in [0.2, 0.25) is 0 Å². The molecule has 0 unspecified atom stereocenters. The Balaban J connectivity index is 1.84. The van der Waals surface area contributed by atoms with E-state index in [0.29, 0.717) is 16.4 Å². The Morgan fingerprint density at radius 3 is 2.52 bits per heavy atom. The van der Waals surface area contributed by atoms with Crippen molar-refractivity contribution in [1.29, 1.82) is 0 Å². The molecule has 4 nitrogen and oxygen atoms in total. The molecule has 1 heterocycles. The molecule has 0 radical (unpaired) electrons. The molecule has 0 aliphatic carbocycles. The van der Waals surface area contributed by atoms with Crippen LogP contribution in [0, 0.1) is 5.82 Å². The molecule has 2 aromatic carbocycles. The number of carbonyl (C=O) groups is 1.